The zero-order valence-electron chi connectivity index (χ0n) is 18.3. The molecule has 2 aromatic carbocycles. The van der Waals surface area contributed by atoms with Gasteiger partial charge < -0.3 is 9.80 Å². The lowest BCUT2D eigenvalue weighted by Gasteiger charge is -2.35. The van der Waals surface area contributed by atoms with Gasteiger partial charge in [0, 0.05) is 49.1 Å². The van der Waals surface area contributed by atoms with Crippen molar-refractivity contribution in [1.82, 2.24) is 14.9 Å². The van der Waals surface area contributed by atoms with Crippen molar-refractivity contribution in [3.8, 4) is 11.1 Å². The molecule has 168 valence electrons. The van der Waals surface area contributed by atoms with E-state index < -0.39 is 11.6 Å². The average molecular weight is 459 g/mol. The van der Waals surface area contributed by atoms with Crippen LogP contribution in [0.15, 0.2) is 30.6 Å². The van der Waals surface area contributed by atoms with Crippen LogP contribution in [0.25, 0.3) is 22.0 Å². The second-order valence-electron chi connectivity index (χ2n) is 8.26. The summed E-state index contributed by atoms with van der Waals surface area (Å²) >= 11 is 6.51. The van der Waals surface area contributed by atoms with Gasteiger partial charge in [0.05, 0.1) is 5.02 Å². The molecule has 0 unspecified atom stereocenters. The first-order valence-electron chi connectivity index (χ1n) is 10.8. The summed E-state index contributed by atoms with van der Waals surface area (Å²) in [6, 6.07) is 6.28. The zero-order valence-corrected chi connectivity index (χ0v) is 19.1. The van der Waals surface area contributed by atoms with Crippen LogP contribution in [0, 0.1) is 11.6 Å². The minimum absolute atomic E-state index is 0.00202. The molecule has 8 heteroatoms. The molecule has 4 rings (SSSR count). The first-order chi connectivity index (χ1) is 15.3. The van der Waals surface area contributed by atoms with Crippen LogP contribution in [0.1, 0.15) is 38.7 Å². The van der Waals surface area contributed by atoms with Crippen molar-refractivity contribution < 1.29 is 13.6 Å². The molecular formula is C24H25ClF2N4O. The number of rotatable bonds is 4. The lowest BCUT2D eigenvalue weighted by molar-refractivity contribution is -0.131. The predicted octanol–water partition coefficient (Wildman–Crippen LogP) is 5.41. The Morgan fingerprint density at radius 2 is 1.84 bits per heavy atom. The number of amides is 1. The number of piperazine rings is 1. The van der Waals surface area contributed by atoms with E-state index in [1.807, 2.05) is 30.6 Å². The molecule has 1 fully saturated rings. The first kappa shape index (κ1) is 22.4. The smallest absolute Gasteiger partial charge is 0.222 e. The maximum atomic E-state index is 15.7. The van der Waals surface area contributed by atoms with E-state index in [0.717, 1.165) is 5.56 Å². The van der Waals surface area contributed by atoms with Crippen LogP contribution in [0.3, 0.4) is 0 Å². The summed E-state index contributed by atoms with van der Waals surface area (Å²) in [5.74, 6) is -0.385. The van der Waals surface area contributed by atoms with Crippen LogP contribution >= 0.6 is 11.6 Å². The molecule has 0 N–H and O–H groups in total. The highest BCUT2D eigenvalue weighted by atomic mass is 35.5. The summed E-state index contributed by atoms with van der Waals surface area (Å²) in [5, 5.41) is 0.570. The van der Waals surface area contributed by atoms with E-state index in [2.05, 4.69) is 9.97 Å². The summed E-state index contributed by atoms with van der Waals surface area (Å²) in [4.78, 5) is 24.3. The van der Waals surface area contributed by atoms with E-state index in [9.17, 15) is 9.18 Å². The van der Waals surface area contributed by atoms with Gasteiger partial charge in [-0.3, -0.25) is 4.79 Å². The Labute approximate surface area is 191 Å². The first-order valence-corrected chi connectivity index (χ1v) is 11.1. The molecule has 32 heavy (non-hydrogen) atoms. The van der Waals surface area contributed by atoms with Gasteiger partial charge in [0.2, 0.25) is 5.91 Å². The van der Waals surface area contributed by atoms with Gasteiger partial charge in [-0.25, -0.2) is 18.7 Å². The van der Waals surface area contributed by atoms with Gasteiger partial charge in [-0.1, -0.05) is 38.4 Å². The summed E-state index contributed by atoms with van der Waals surface area (Å²) in [6.07, 6.45) is 1.78. The fourth-order valence-electron chi connectivity index (χ4n) is 4.10. The Hall–Kier alpha value is -2.80. The molecule has 0 spiro atoms. The standard InChI is InChI=1S/C24H25ClF2N4O/c1-4-20(32)30-7-9-31(10-8-30)24-17-12-18(25)21(22(27)23(17)28-13-29-24)16-11-15(14(2)3)5-6-19(16)26/h5-6,11-14H,4,7-10H2,1-3H3. The van der Waals surface area contributed by atoms with Crippen LogP contribution in [0.5, 0.6) is 0 Å². The van der Waals surface area contributed by atoms with Crippen molar-refractivity contribution in [1.29, 1.82) is 0 Å². The number of carbonyl (C=O) groups excluding carboxylic acids is 1. The number of nitrogens with zero attached hydrogens (tertiary/aromatic N) is 4. The van der Waals surface area contributed by atoms with Crippen molar-refractivity contribution in [2.24, 2.45) is 0 Å². The van der Waals surface area contributed by atoms with Crippen molar-refractivity contribution in [2.45, 2.75) is 33.1 Å². The van der Waals surface area contributed by atoms with Gasteiger partial charge in [0.25, 0.3) is 0 Å². The van der Waals surface area contributed by atoms with Crippen LogP contribution in [-0.2, 0) is 4.79 Å². The number of halogens is 3. The third kappa shape index (κ3) is 4.01. The van der Waals surface area contributed by atoms with Gasteiger partial charge in [-0.2, -0.15) is 0 Å². The number of carbonyl (C=O) groups is 1. The summed E-state index contributed by atoms with van der Waals surface area (Å²) in [7, 11) is 0. The van der Waals surface area contributed by atoms with Crippen molar-refractivity contribution in [2.75, 3.05) is 31.1 Å². The monoisotopic (exact) mass is 458 g/mol. The summed E-state index contributed by atoms with van der Waals surface area (Å²) in [5.41, 5.74) is 1.10. The molecule has 5 nitrogen and oxygen atoms in total. The average Bonchev–Trinajstić information content (AvgIpc) is 2.79. The molecule has 1 amide bonds. The number of hydrogen-bond donors (Lipinski definition) is 0. The minimum Gasteiger partial charge on any atom is -0.352 e. The molecule has 1 saturated heterocycles. The van der Waals surface area contributed by atoms with E-state index in [4.69, 9.17) is 11.6 Å². The molecule has 0 bridgehead atoms. The van der Waals surface area contributed by atoms with Gasteiger partial charge in [0.1, 0.15) is 23.5 Å². The molecule has 3 aromatic rings. The highest BCUT2D eigenvalue weighted by Crippen LogP contribution is 2.39. The number of aromatic nitrogens is 2. The third-order valence-corrected chi connectivity index (χ3v) is 6.26. The van der Waals surface area contributed by atoms with E-state index >= 15 is 4.39 Å². The van der Waals surface area contributed by atoms with Crippen molar-refractivity contribution in [3.05, 3.63) is 52.8 Å². The molecular weight excluding hydrogens is 434 g/mol. The quantitative estimate of drug-likeness (QED) is 0.524. The Bertz CT molecular complexity index is 1180. The highest BCUT2D eigenvalue weighted by molar-refractivity contribution is 6.34. The number of hydrogen-bond acceptors (Lipinski definition) is 4. The van der Waals surface area contributed by atoms with Crippen LogP contribution < -0.4 is 4.90 Å². The van der Waals surface area contributed by atoms with Gasteiger partial charge >= 0.3 is 0 Å². The van der Waals surface area contributed by atoms with Gasteiger partial charge in [-0.05, 0) is 29.7 Å². The van der Waals surface area contributed by atoms with Crippen LogP contribution in [0.2, 0.25) is 5.02 Å². The SMILES string of the molecule is CCC(=O)N1CCN(c2ncnc3c(F)c(-c4cc(C(C)C)ccc4F)c(Cl)cc23)CC1. The Morgan fingerprint density at radius 1 is 1.12 bits per heavy atom. The molecule has 0 radical (unpaired) electrons. The normalized spacial score (nSPS) is 14.5. The highest BCUT2D eigenvalue weighted by Gasteiger charge is 2.25. The van der Waals surface area contributed by atoms with Crippen molar-refractivity contribution >= 4 is 34.2 Å². The second-order valence-corrected chi connectivity index (χ2v) is 8.66. The third-order valence-electron chi connectivity index (χ3n) is 5.96. The largest absolute Gasteiger partial charge is 0.352 e. The molecule has 0 aliphatic carbocycles. The van der Waals surface area contributed by atoms with E-state index in [-0.39, 0.29) is 33.5 Å². The topological polar surface area (TPSA) is 49.3 Å². The number of fused-ring (bicyclic) bond motifs is 1. The molecule has 1 aromatic heterocycles. The summed E-state index contributed by atoms with van der Waals surface area (Å²) in [6.45, 7) is 8.10. The van der Waals surface area contributed by atoms with Gasteiger partial charge in [0.15, 0.2) is 5.82 Å². The molecule has 0 atom stereocenters. The number of benzene rings is 2. The Kier molecular flexibility index (Phi) is 6.29. The Balaban J connectivity index is 1.77. The van der Waals surface area contributed by atoms with E-state index in [1.54, 1.807) is 18.2 Å². The zero-order chi connectivity index (χ0) is 23.0. The maximum absolute atomic E-state index is 15.7. The fraction of sp³-hybridized carbons (Fsp3) is 0.375. The molecule has 2 heterocycles. The number of anilines is 1. The van der Waals surface area contributed by atoms with Crippen LogP contribution in [-0.4, -0.2) is 47.0 Å². The lowest BCUT2D eigenvalue weighted by Crippen LogP contribution is -2.48. The molecule has 0 saturated carbocycles. The molecule has 1 aliphatic rings. The van der Waals surface area contributed by atoms with Crippen LogP contribution in [0.4, 0.5) is 14.6 Å². The Morgan fingerprint density at radius 3 is 2.50 bits per heavy atom. The van der Waals surface area contributed by atoms with E-state index in [0.29, 0.717) is 43.8 Å². The van der Waals surface area contributed by atoms with Gasteiger partial charge in [-0.15, -0.1) is 0 Å². The van der Waals surface area contributed by atoms with E-state index in [1.165, 1.54) is 12.4 Å². The fourth-order valence-corrected chi connectivity index (χ4v) is 4.39. The maximum Gasteiger partial charge on any atom is 0.222 e. The summed E-state index contributed by atoms with van der Waals surface area (Å²) < 4.78 is 30.4. The second kappa shape index (κ2) is 8.98. The molecule has 1 aliphatic heterocycles. The van der Waals surface area contributed by atoms with Crippen molar-refractivity contribution in [3.63, 3.8) is 0 Å². The predicted molar refractivity (Wildman–Crippen MR) is 123 cm³/mol. The lowest BCUT2D eigenvalue weighted by atomic mass is 9.95. The minimum atomic E-state index is -0.671.